The zero-order valence-electron chi connectivity index (χ0n) is 12.8. The molecule has 1 aliphatic rings. The number of rotatable bonds is 6. The molecule has 1 aromatic heterocycles. The molecule has 124 valence electrons. The molecule has 1 aromatic carbocycles. The first-order chi connectivity index (χ1) is 11.1. The smallest absolute Gasteiger partial charge is 0.506 e. The number of ether oxygens (including phenoxy) is 2. The minimum absolute atomic E-state index is 0.0468. The fraction of sp³-hybridized carbons (Fsp3) is 0.438. The number of hydrogen-bond donors (Lipinski definition) is 4. The molecule has 1 unspecified atom stereocenters. The standard InChI is InChI=1S/C16H20N2O5/c1-2-22-16(21)23-14-7-11-10(5-6-13(20)15(11)18-14)12(8-19)17-9-3-4-9/h5-7,9,12,17-20H,2-4,8H2,1H3. The monoisotopic (exact) mass is 320 g/mol. The average Bonchev–Trinajstić information content (AvgIpc) is 3.24. The highest BCUT2D eigenvalue weighted by atomic mass is 16.7. The Hall–Kier alpha value is -2.25. The van der Waals surface area contributed by atoms with Crippen LogP contribution in [-0.2, 0) is 4.74 Å². The van der Waals surface area contributed by atoms with Gasteiger partial charge in [0.05, 0.1) is 24.8 Å². The van der Waals surface area contributed by atoms with Crippen molar-refractivity contribution in [2.24, 2.45) is 0 Å². The van der Waals surface area contributed by atoms with Crippen LogP contribution in [0.1, 0.15) is 31.4 Å². The number of phenolic OH excluding ortho intramolecular Hbond substituents is 1. The molecule has 0 amide bonds. The third-order valence-electron chi connectivity index (χ3n) is 3.81. The first-order valence-corrected chi connectivity index (χ1v) is 7.68. The van der Waals surface area contributed by atoms with Crippen LogP contribution in [0.4, 0.5) is 4.79 Å². The molecule has 2 aromatic rings. The summed E-state index contributed by atoms with van der Waals surface area (Å²) in [7, 11) is 0. The van der Waals surface area contributed by atoms with Crippen molar-refractivity contribution in [1.29, 1.82) is 0 Å². The van der Waals surface area contributed by atoms with E-state index < -0.39 is 6.16 Å². The largest absolute Gasteiger partial charge is 0.515 e. The van der Waals surface area contributed by atoms with E-state index in [-0.39, 0.29) is 30.9 Å². The van der Waals surface area contributed by atoms with E-state index in [2.05, 4.69) is 10.3 Å². The molecule has 1 aliphatic carbocycles. The number of H-pyrrole nitrogens is 1. The number of aromatic nitrogens is 1. The van der Waals surface area contributed by atoms with Gasteiger partial charge in [0.2, 0.25) is 5.88 Å². The lowest BCUT2D eigenvalue weighted by Gasteiger charge is -2.17. The van der Waals surface area contributed by atoms with Crippen LogP contribution in [0.15, 0.2) is 18.2 Å². The fourth-order valence-corrected chi connectivity index (χ4v) is 2.57. The summed E-state index contributed by atoms with van der Waals surface area (Å²) in [4.78, 5) is 14.3. The first kappa shape index (κ1) is 15.6. The van der Waals surface area contributed by atoms with Crippen molar-refractivity contribution in [3.63, 3.8) is 0 Å². The third kappa shape index (κ3) is 3.40. The second-order valence-electron chi connectivity index (χ2n) is 5.56. The van der Waals surface area contributed by atoms with Gasteiger partial charge >= 0.3 is 6.16 Å². The topological polar surface area (TPSA) is 104 Å². The average molecular weight is 320 g/mol. The molecule has 1 atom stereocenters. The number of fused-ring (bicyclic) bond motifs is 1. The lowest BCUT2D eigenvalue weighted by molar-refractivity contribution is 0.103. The Kier molecular flexibility index (Phi) is 4.40. The molecule has 0 bridgehead atoms. The van der Waals surface area contributed by atoms with E-state index in [1.807, 2.05) is 0 Å². The van der Waals surface area contributed by atoms with Crippen molar-refractivity contribution in [2.45, 2.75) is 31.8 Å². The SMILES string of the molecule is CCOC(=O)Oc1cc2c(C(CO)NC3CC3)ccc(O)c2[nH]1. The summed E-state index contributed by atoms with van der Waals surface area (Å²) in [5.41, 5.74) is 1.29. The number of nitrogens with one attached hydrogen (secondary N) is 2. The summed E-state index contributed by atoms with van der Waals surface area (Å²) < 4.78 is 9.78. The van der Waals surface area contributed by atoms with E-state index in [0.717, 1.165) is 18.4 Å². The molecule has 0 aliphatic heterocycles. The second-order valence-corrected chi connectivity index (χ2v) is 5.56. The molecule has 0 radical (unpaired) electrons. The highest BCUT2D eigenvalue weighted by molar-refractivity contribution is 5.90. The van der Waals surface area contributed by atoms with Crippen molar-refractivity contribution in [2.75, 3.05) is 13.2 Å². The molecule has 1 fully saturated rings. The molecule has 1 heterocycles. The molecule has 0 spiro atoms. The molecule has 7 nitrogen and oxygen atoms in total. The molecule has 4 N–H and O–H groups in total. The fourth-order valence-electron chi connectivity index (χ4n) is 2.57. The van der Waals surface area contributed by atoms with Gasteiger partial charge in [-0.1, -0.05) is 6.07 Å². The molecule has 7 heteroatoms. The van der Waals surface area contributed by atoms with Crippen LogP contribution < -0.4 is 10.1 Å². The van der Waals surface area contributed by atoms with Crippen LogP contribution in [0.3, 0.4) is 0 Å². The van der Waals surface area contributed by atoms with Crippen molar-refractivity contribution in [3.8, 4) is 11.6 Å². The predicted molar refractivity (Wildman–Crippen MR) is 83.6 cm³/mol. The van der Waals surface area contributed by atoms with E-state index >= 15 is 0 Å². The molecule has 3 rings (SSSR count). The number of carbonyl (C=O) groups excluding carboxylic acids is 1. The van der Waals surface area contributed by atoms with Gasteiger partial charge in [-0.25, -0.2) is 4.79 Å². The second kappa shape index (κ2) is 6.47. The van der Waals surface area contributed by atoms with Crippen molar-refractivity contribution in [1.82, 2.24) is 10.3 Å². The Morgan fingerprint density at radius 3 is 2.91 bits per heavy atom. The predicted octanol–water partition coefficient (Wildman–Crippen LogP) is 2.19. The molecule has 23 heavy (non-hydrogen) atoms. The highest BCUT2D eigenvalue weighted by Crippen LogP contribution is 2.35. The number of aromatic hydroxyl groups is 1. The number of hydrogen-bond acceptors (Lipinski definition) is 6. The maximum absolute atomic E-state index is 11.4. The zero-order chi connectivity index (χ0) is 16.4. The van der Waals surface area contributed by atoms with Crippen LogP contribution in [0.5, 0.6) is 11.6 Å². The summed E-state index contributed by atoms with van der Waals surface area (Å²) in [5, 5.41) is 23.7. The van der Waals surface area contributed by atoms with Gasteiger partial charge in [-0.05, 0) is 31.4 Å². The minimum Gasteiger partial charge on any atom is -0.506 e. The van der Waals surface area contributed by atoms with Gasteiger partial charge in [-0.15, -0.1) is 0 Å². The Balaban J connectivity index is 1.93. The summed E-state index contributed by atoms with van der Waals surface area (Å²) in [6.07, 6.45) is 1.39. The van der Waals surface area contributed by atoms with E-state index in [9.17, 15) is 15.0 Å². The number of aromatic amines is 1. The van der Waals surface area contributed by atoms with Gasteiger partial charge in [0.25, 0.3) is 0 Å². The zero-order valence-corrected chi connectivity index (χ0v) is 12.8. The van der Waals surface area contributed by atoms with Gasteiger partial charge < -0.3 is 30.0 Å². The summed E-state index contributed by atoms with van der Waals surface area (Å²) in [6.45, 7) is 1.84. The minimum atomic E-state index is -0.810. The van der Waals surface area contributed by atoms with Crippen molar-refractivity contribution < 1.29 is 24.5 Å². The van der Waals surface area contributed by atoms with Gasteiger partial charge in [0.1, 0.15) is 5.75 Å². The van der Waals surface area contributed by atoms with E-state index in [0.29, 0.717) is 16.9 Å². The van der Waals surface area contributed by atoms with Crippen LogP contribution in [0.25, 0.3) is 10.9 Å². The number of carbonyl (C=O) groups is 1. The van der Waals surface area contributed by atoms with Gasteiger partial charge in [-0.2, -0.15) is 0 Å². The quantitative estimate of drug-likeness (QED) is 0.608. The van der Waals surface area contributed by atoms with Crippen LogP contribution in [0, 0.1) is 0 Å². The van der Waals surface area contributed by atoms with Crippen molar-refractivity contribution >= 4 is 17.1 Å². The Morgan fingerprint density at radius 1 is 1.48 bits per heavy atom. The van der Waals surface area contributed by atoms with E-state index in [1.165, 1.54) is 0 Å². The normalized spacial score (nSPS) is 15.6. The van der Waals surface area contributed by atoms with Gasteiger partial charge in [-0.3, -0.25) is 0 Å². The Morgan fingerprint density at radius 2 is 2.26 bits per heavy atom. The molecular weight excluding hydrogens is 300 g/mol. The lowest BCUT2D eigenvalue weighted by atomic mass is 10.0. The maximum Gasteiger partial charge on any atom is 0.515 e. The number of aliphatic hydroxyl groups is 1. The molecule has 1 saturated carbocycles. The van der Waals surface area contributed by atoms with Gasteiger partial charge in [0, 0.05) is 17.5 Å². The summed E-state index contributed by atoms with van der Waals surface area (Å²) >= 11 is 0. The first-order valence-electron chi connectivity index (χ1n) is 7.68. The van der Waals surface area contributed by atoms with E-state index in [1.54, 1.807) is 25.1 Å². The Bertz CT molecular complexity index is 708. The number of benzene rings is 1. The maximum atomic E-state index is 11.4. The summed E-state index contributed by atoms with van der Waals surface area (Å²) in [6, 6.07) is 5.12. The molecular formula is C16H20N2O5. The lowest BCUT2D eigenvalue weighted by Crippen LogP contribution is -2.26. The van der Waals surface area contributed by atoms with E-state index in [4.69, 9.17) is 9.47 Å². The number of aliphatic hydroxyl groups excluding tert-OH is 1. The Labute approximate surface area is 133 Å². The molecule has 0 saturated heterocycles. The van der Waals surface area contributed by atoms with Crippen molar-refractivity contribution in [3.05, 3.63) is 23.8 Å². The van der Waals surface area contributed by atoms with Crippen LogP contribution >= 0.6 is 0 Å². The van der Waals surface area contributed by atoms with Crippen LogP contribution in [-0.4, -0.2) is 40.6 Å². The third-order valence-corrected chi connectivity index (χ3v) is 3.81. The summed E-state index contributed by atoms with van der Waals surface area (Å²) in [5.74, 6) is 0.231. The van der Waals surface area contributed by atoms with Gasteiger partial charge in [0.15, 0.2) is 0 Å². The number of phenols is 1. The highest BCUT2D eigenvalue weighted by Gasteiger charge is 2.26. The van der Waals surface area contributed by atoms with Crippen LogP contribution in [0.2, 0.25) is 0 Å².